The maximum absolute atomic E-state index is 12.0. The first-order chi connectivity index (χ1) is 10.1. The summed E-state index contributed by atoms with van der Waals surface area (Å²) in [5, 5.41) is 14.1. The van der Waals surface area contributed by atoms with Crippen LogP contribution in [0.2, 0.25) is 0 Å². The molecule has 1 heterocycles. The van der Waals surface area contributed by atoms with Crippen molar-refractivity contribution in [2.24, 2.45) is 0 Å². The van der Waals surface area contributed by atoms with E-state index in [1.165, 1.54) is 11.3 Å². The molecule has 21 heavy (non-hydrogen) atoms. The quantitative estimate of drug-likeness (QED) is 0.704. The number of aryl methyl sites for hydroxylation is 1. The zero-order chi connectivity index (χ0) is 15.2. The third-order valence-corrected chi connectivity index (χ3v) is 4.08. The van der Waals surface area contributed by atoms with E-state index in [9.17, 15) is 9.59 Å². The van der Waals surface area contributed by atoms with Crippen LogP contribution in [-0.4, -0.2) is 36.1 Å². The summed E-state index contributed by atoms with van der Waals surface area (Å²) in [6.07, 6.45) is 2.47. The molecule has 0 aliphatic heterocycles. The number of hydrogen-bond donors (Lipinski definition) is 3. The van der Waals surface area contributed by atoms with E-state index in [1.807, 2.05) is 6.92 Å². The van der Waals surface area contributed by atoms with Gasteiger partial charge in [0.05, 0.1) is 22.9 Å². The first-order valence-corrected chi connectivity index (χ1v) is 7.69. The topological polar surface area (TPSA) is 78.4 Å². The van der Waals surface area contributed by atoms with Gasteiger partial charge in [-0.3, -0.25) is 9.59 Å². The van der Waals surface area contributed by atoms with Crippen molar-refractivity contribution in [2.45, 2.75) is 32.2 Å². The second-order valence-corrected chi connectivity index (χ2v) is 5.97. The van der Waals surface area contributed by atoms with E-state index in [1.54, 1.807) is 6.07 Å². The Hall–Kier alpha value is -1.84. The fraction of sp³-hybridized carbons (Fsp3) is 0.467. The van der Waals surface area contributed by atoms with Gasteiger partial charge in [-0.05, 0) is 31.4 Å². The number of carbonyl (C=O) groups excluding carboxylic acids is 2. The number of carbonyl (C=O) groups is 2. The minimum atomic E-state index is -0.260. The summed E-state index contributed by atoms with van der Waals surface area (Å²) in [6, 6.07) is 2.06. The molecule has 2 rings (SSSR count). The molecule has 5 nitrogen and oxygen atoms in total. The Labute approximate surface area is 127 Å². The maximum Gasteiger partial charge on any atom is 0.261 e. The van der Waals surface area contributed by atoms with E-state index in [4.69, 9.17) is 5.11 Å². The first-order valence-electron chi connectivity index (χ1n) is 6.88. The van der Waals surface area contributed by atoms with Gasteiger partial charge in [-0.15, -0.1) is 11.3 Å². The van der Waals surface area contributed by atoms with Crippen LogP contribution in [0.15, 0.2) is 6.07 Å². The highest BCUT2D eigenvalue weighted by Crippen LogP contribution is 2.21. The average molecular weight is 306 g/mol. The summed E-state index contributed by atoms with van der Waals surface area (Å²) in [4.78, 5) is 24.8. The second kappa shape index (κ2) is 7.25. The Morgan fingerprint density at radius 1 is 1.48 bits per heavy atom. The number of amides is 2. The number of nitrogens with one attached hydrogen (secondary N) is 2. The van der Waals surface area contributed by atoms with Crippen LogP contribution in [0.1, 0.15) is 39.4 Å². The largest absolute Gasteiger partial charge is 0.395 e. The van der Waals surface area contributed by atoms with Crippen LogP contribution in [0.4, 0.5) is 0 Å². The predicted octanol–water partition coefficient (Wildman–Crippen LogP) is 0.799. The van der Waals surface area contributed by atoms with Gasteiger partial charge in [0.25, 0.3) is 5.91 Å². The number of aliphatic hydroxyl groups is 1. The molecule has 1 saturated carbocycles. The van der Waals surface area contributed by atoms with Gasteiger partial charge in [-0.1, -0.05) is 11.8 Å². The smallest absolute Gasteiger partial charge is 0.261 e. The van der Waals surface area contributed by atoms with Crippen LogP contribution in [0, 0.1) is 18.8 Å². The molecule has 0 radical (unpaired) electrons. The second-order valence-electron chi connectivity index (χ2n) is 4.92. The number of rotatable bonds is 5. The molecule has 0 atom stereocenters. The first kappa shape index (κ1) is 15.5. The molecule has 1 fully saturated rings. The molecule has 0 saturated heterocycles. The van der Waals surface area contributed by atoms with E-state index in [0.717, 1.165) is 23.3 Å². The third kappa shape index (κ3) is 4.88. The number of hydrogen-bond acceptors (Lipinski definition) is 4. The lowest BCUT2D eigenvalue weighted by Gasteiger charge is -2.04. The molecule has 1 aliphatic rings. The molecule has 1 aromatic rings. The van der Waals surface area contributed by atoms with Gasteiger partial charge in [0.1, 0.15) is 0 Å². The lowest BCUT2D eigenvalue weighted by molar-refractivity contribution is -0.120. The molecule has 112 valence electrons. The SMILES string of the molecule is Cc1cc(C(=O)NCC(=O)NC2CC2)sc1C#CCCO. The fourth-order valence-electron chi connectivity index (χ4n) is 1.67. The summed E-state index contributed by atoms with van der Waals surface area (Å²) >= 11 is 1.30. The molecule has 1 aromatic heterocycles. The molecule has 0 spiro atoms. The van der Waals surface area contributed by atoms with Gasteiger partial charge in [-0.25, -0.2) is 0 Å². The summed E-state index contributed by atoms with van der Waals surface area (Å²) in [5.41, 5.74) is 0.929. The molecule has 0 aromatic carbocycles. The predicted molar refractivity (Wildman–Crippen MR) is 81.1 cm³/mol. The summed E-state index contributed by atoms with van der Waals surface area (Å²) in [5.74, 6) is 5.36. The van der Waals surface area contributed by atoms with Crippen LogP contribution in [0.3, 0.4) is 0 Å². The molecule has 0 bridgehead atoms. The molecule has 6 heteroatoms. The van der Waals surface area contributed by atoms with Gasteiger partial charge >= 0.3 is 0 Å². The van der Waals surface area contributed by atoms with Crippen LogP contribution in [-0.2, 0) is 4.79 Å². The van der Waals surface area contributed by atoms with Crippen molar-refractivity contribution >= 4 is 23.2 Å². The minimum Gasteiger partial charge on any atom is -0.395 e. The van der Waals surface area contributed by atoms with E-state index >= 15 is 0 Å². The highest BCUT2D eigenvalue weighted by Gasteiger charge is 2.23. The highest BCUT2D eigenvalue weighted by atomic mass is 32.1. The van der Waals surface area contributed by atoms with Crippen molar-refractivity contribution in [2.75, 3.05) is 13.2 Å². The van der Waals surface area contributed by atoms with Crippen LogP contribution in [0.25, 0.3) is 0 Å². The standard InChI is InChI=1S/C15H18N2O3S/c1-10-8-13(21-12(10)4-2-3-7-18)15(20)16-9-14(19)17-11-5-6-11/h8,11,18H,3,5-7,9H2,1H3,(H,16,20)(H,17,19). The van der Waals surface area contributed by atoms with Crippen molar-refractivity contribution in [3.8, 4) is 11.8 Å². The minimum absolute atomic E-state index is 0.00218. The van der Waals surface area contributed by atoms with Crippen LogP contribution in [0.5, 0.6) is 0 Å². The van der Waals surface area contributed by atoms with E-state index in [2.05, 4.69) is 22.5 Å². The Morgan fingerprint density at radius 3 is 2.90 bits per heavy atom. The van der Waals surface area contributed by atoms with Gasteiger partial charge in [-0.2, -0.15) is 0 Å². The van der Waals surface area contributed by atoms with Crippen molar-refractivity contribution in [3.05, 3.63) is 21.4 Å². The third-order valence-electron chi connectivity index (χ3n) is 2.93. The van der Waals surface area contributed by atoms with Gasteiger partial charge < -0.3 is 15.7 Å². The summed E-state index contributed by atoms with van der Waals surface area (Å²) < 4.78 is 0. The van der Waals surface area contributed by atoms with Gasteiger partial charge in [0.15, 0.2) is 0 Å². The lowest BCUT2D eigenvalue weighted by atomic mass is 10.2. The molecule has 0 unspecified atom stereocenters. The van der Waals surface area contributed by atoms with Crippen molar-refractivity contribution in [1.82, 2.24) is 10.6 Å². The Balaban J connectivity index is 1.88. The zero-order valence-corrected chi connectivity index (χ0v) is 12.7. The van der Waals surface area contributed by atoms with E-state index in [-0.39, 0.29) is 25.0 Å². The van der Waals surface area contributed by atoms with Gasteiger partial charge in [0.2, 0.25) is 5.91 Å². The Bertz CT molecular complexity index is 594. The highest BCUT2D eigenvalue weighted by molar-refractivity contribution is 7.14. The molecule has 1 aliphatic carbocycles. The normalized spacial score (nSPS) is 13.2. The van der Waals surface area contributed by atoms with Gasteiger partial charge in [0, 0.05) is 12.5 Å². The monoisotopic (exact) mass is 306 g/mol. The Kier molecular flexibility index (Phi) is 5.37. The van der Waals surface area contributed by atoms with E-state index in [0.29, 0.717) is 17.3 Å². The van der Waals surface area contributed by atoms with Crippen molar-refractivity contribution in [3.63, 3.8) is 0 Å². The number of aliphatic hydroxyl groups excluding tert-OH is 1. The van der Waals surface area contributed by atoms with Crippen molar-refractivity contribution in [1.29, 1.82) is 0 Å². The van der Waals surface area contributed by atoms with E-state index < -0.39 is 0 Å². The molecule has 3 N–H and O–H groups in total. The Morgan fingerprint density at radius 2 is 2.24 bits per heavy atom. The fourth-order valence-corrected chi connectivity index (χ4v) is 2.63. The van der Waals surface area contributed by atoms with Crippen LogP contribution >= 0.6 is 11.3 Å². The molecule has 2 amide bonds. The number of thiophene rings is 1. The maximum atomic E-state index is 12.0. The molecular formula is C15H18N2O3S. The summed E-state index contributed by atoms with van der Waals surface area (Å²) in [6.45, 7) is 1.91. The zero-order valence-electron chi connectivity index (χ0n) is 11.9. The summed E-state index contributed by atoms with van der Waals surface area (Å²) in [7, 11) is 0. The van der Waals surface area contributed by atoms with Crippen molar-refractivity contribution < 1.29 is 14.7 Å². The lowest BCUT2D eigenvalue weighted by Crippen LogP contribution is -2.37. The van der Waals surface area contributed by atoms with Crippen LogP contribution < -0.4 is 10.6 Å². The average Bonchev–Trinajstić information content (AvgIpc) is 3.19. The molecular weight excluding hydrogens is 288 g/mol.